The van der Waals surface area contributed by atoms with Gasteiger partial charge in [-0.1, -0.05) is 20.8 Å². The minimum atomic E-state index is 0.586. The minimum absolute atomic E-state index is 0.586. The topological polar surface area (TPSA) is 29.3 Å². The van der Waals surface area contributed by atoms with Gasteiger partial charge in [0.2, 0.25) is 0 Å². The van der Waals surface area contributed by atoms with E-state index in [0.717, 1.165) is 17.7 Å². The molecule has 0 aromatic rings. The fourth-order valence-corrected chi connectivity index (χ4v) is 3.51. The van der Waals surface area contributed by atoms with Crippen LogP contribution in [0.15, 0.2) is 0 Å². The van der Waals surface area contributed by atoms with Crippen LogP contribution in [0.4, 0.5) is 0 Å². The fraction of sp³-hybridized carbons (Fsp3) is 1.00. The van der Waals surface area contributed by atoms with E-state index in [1.165, 1.54) is 18.7 Å². The van der Waals surface area contributed by atoms with E-state index in [9.17, 15) is 0 Å². The molecule has 3 heteroatoms. The van der Waals surface area contributed by atoms with Gasteiger partial charge in [0.1, 0.15) is 0 Å². The molecule has 2 nitrogen and oxygen atoms in total. The van der Waals surface area contributed by atoms with Crippen molar-refractivity contribution in [2.45, 2.75) is 51.4 Å². The van der Waals surface area contributed by atoms with Gasteiger partial charge in [-0.15, -0.1) is 0 Å². The molecular formula is C12H26N2S. The van der Waals surface area contributed by atoms with Gasteiger partial charge < -0.3 is 5.73 Å². The molecule has 90 valence electrons. The lowest BCUT2D eigenvalue weighted by molar-refractivity contribution is 0.133. The van der Waals surface area contributed by atoms with Crippen LogP contribution in [0.1, 0.15) is 34.1 Å². The standard InChI is InChI=1S/C12H26N2S/c1-9(2)7-12(8-13)14-5-6-15-11(4)10(14)3/h9-12H,5-8,13H2,1-4H3. The Morgan fingerprint density at radius 2 is 2.07 bits per heavy atom. The van der Waals surface area contributed by atoms with Crippen molar-refractivity contribution in [1.29, 1.82) is 0 Å². The smallest absolute Gasteiger partial charge is 0.0224 e. The predicted molar refractivity (Wildman–Crippen MR) is 70.4 cm³/mol. The molecule has 0 aromatic heterocycles. The molecule has 1 saturated heterocycles. The monoisotopic (exact) mass is 230 g/mol. The van der Waals surface area contributed by atoms with Gasteiger partial charge in [-0.05, 0) is 19.3 Å². The average Bonchev–Trinajstić information content (AvgIpc) is 2.19. The Morgan fingerprint density at radius 1 is 1.40 bits per heavy atom. The zero-order chi connectivity index (χ0) is 11.4. The van der Waals surface area contributed by atoms with E-state index in [1.54, 1.807) is 0 Å². The first-order valence-electron chi connectivity index (χ1n) is 6.13. The van der Waals surface area contributed by atoms with Crippen molar-refractivity contribution in [3.8, 4) is 0 Å². The van der Waals surface area contributed by atoms with Gasteiger partial charge in [0.25, 0.3) is 0 Å². The van der Waals surface area contributed by atoms with Crippen molar-refractivity contribution in [3.63, 3.8) is 0 Å². The molecule has 1 aliphatic heterocycles. The van der Waals surface area contributed by atoms with E-state index in [2.05, 4.69) is 44.4 Å². The van der Waals surface area contributed by atoms with Crippen molar-refractivity contribution in [3.05, 3.63) is 0 Å². The Balaban J connectivity index is 2.57. The maximum atomic E-state index is 5.91. The summed E-state index contributed by atoms with van der Waals surface area (Å²) in [5.41, 5.74) is 5.91. The molecule has 0 aromatic carbocycles. The van der Waals surface area contributed by atoms with E-state index in [1.807, 2.05) is 0 Å². The SMILES string of the molecule is CC(C)CC(CN)N1CCSC(C)C1C. The number of hydrogen-bond acceptors (Lipinski definition) is 3. The van der Waals surface area contributed by atoms with Crippen LogP contribution in [-0.4, -0.2) is 41.1 Å². The Morgan fingerprint density at radius 3 is 2.60 bits per heavy atom. The molecule has 0 radical (unpaired) electrons. The van der Waals surface area contributed by atoms with Crippen molar-refractivity contribution < 1.29 is 0 Å². The highest BCUT2D eigenvalue weighted by molar-refractivity contribution is 8.00. The summed E-state index contributed by atoms with van der Waals surface area (Å²) in [5, 5.41) is 0.750. The maximum Gasteiger partial charge on any atom is 0.0224 e. The fourth-order valence-electron chi connectivity index (χ4n) is 2.38. The summed E-state index contributed by atoms with van der Waals surface area (Å²) in [7, 11) is 0. The third-order valence-electron chi connectivity index (χ3n) is 3.42. The highest BCUT2D eigenvalue weighted by atomic mass is 32.2. The highest BCUT2D eigenvalue weighted by Crippen LogP contribution is 2.27. The molecule has 3 unspecified atom stereocenters. The van der Waals surface area contributed by atoms with E-state index in [4.69, 9.17) is 5.73 Å². The van der Waals surface area contributed by atoms with Crippen LogP contribution in [0, 0.1) is 5.92 Å². The number of hydrogen-bond donors (Lipinski definition) is 1. The molecule has 1 aliphatic rings. The van der Waals surface area contributed by atoms with Crippen molar-refractivity contribution in [2.24, 2.45) is 11.7 Å². The van der Waals surface area contributed by atoms with Gasteiger partial charge in [-0.2, -0.15) is 11.8 Å². The number of nitrogens with zero attached hydrogens (tertiary/aromatic N) is 1. The Labute approximate surface area is 99.0 Å². The predicted octanol–water partition coefficient (Wildman–Crippen LogP) is 2.19. The van der Waals surface area contributed by atoms with Crippen LogP contribution in [-0.2, 0) is 0 Å². The van der Waals surface area contributed by atoms with Gasteiger partial charge in [-0.25, -0.2) is 0 Å². The maximum absolute atomic E-state index is 5.91. The van der Waals surface area contributed by atoms with E-state index in [-0.39, 0.29) is 0 Å². The lowest BCUT2D eigenvalue weighted by Gasteiger charge is -2.42. The van der Waals surface area contributed by atoms with E-state index < -0.39 is 0 Å². The van der Waals surface area contributed by atoms with Crippen LogP contribution in [0.3, 0.4) is 0 Å². The van der Waals surface area contributed by atoms with Crippen molar-refractivity contribution >= 4 is 11.8 Å². The Kier molecular flexibility index (Phi) is 5.44. The van der Waals surface area contributed by atoms with Gasteiger partial charge >= 0.3 is 0 Å². The lowest BCUT2D eigenvalue weighted by atomic mass is 10.0. The highest BCUT2D eigenvalue weighted by Gasteiger charge is 2.30. The lowest BCUT2D eigenvalue weighted by Crippen LogP contribution is -2.52. The van der Waals surface area contributed by atoms with Crippen molar-refractivity contribution in [1.82, 2.24) is 4.90 Å². The first kappa shape index (κ1) is 13.3. The molecule has 1 heterocycles. The summed E-state index contributed by atoms with van der Waals surface area (Å²) >= 11 is 2.09. The first-order chi connectivity index (χ1) is 7.06. The summed E-state index contributed by atoms with van der Waals surface area (Å²) in [6.45, 7) is 11.3. The molecule has 0 saturated carbocycles. The third kappa shape index (κ3) is 3.65. The molecule has 15 heavy (non-hydrogen) atoms. The number of rotatable bonds is 4. The number of thioether (sulfide) groups is 1. The Hall–Kier alpha value is 0.270. The minimum Gasteiger partial charge on any atom is -0.329 e. The summed E-state index contributed by atoms with van der Waals surface area (Å²) < 4.78 is 0. The normalized spacial score (nSPS) is 30.8. The van der Waals surface area contributed by atoms with Crippen LogP contribution in [0.5, 0.6) is 0 Å². The van der Waals surface area contributed by atoms with E-state index >= 15 is 0 Å². The average molecular weight is 230 g/mol. The quantitative estimate of drug-likeness (QED) is 0.803. The molecule has 0 aliphatic carbocycles. The summed E-state index contributed by atoms with van der Waals surface area (Å²) in [6.07, 6.45) is 1.23. The van der Waals surface area contributed by atoms with Gasteiger partial charge in [0.15, 0.2) is 0 Å². The second-order valence-electron chi connectivity index (χ2n) is 5.07. The van der Waals surface area contributed by atoms with Crippen LogP contribution >= 0.6 is 11.8 Å². The zero-order valence-electron chi connectivity index (χ0n) is 10.6. The van der Waals surface area contributed by atoms with Gasteiger partial charge in [0.05, 0.1) is 0 Å². The van der Waals surface area contributed by atoms with Crippen molar-refractivity contribution in [2.75, 3.05) is 18.8 Å². The summed E-state index contributed by atoms with van der Waals surface area (Å²) in [4.78, 5) is 2.63. The third-order valence-corrected chi connectivity index (χ3v) is 4.76. The first-order valence-corrected chi connectivity index (χ1v) is 7.18. The summed E-state index contributed by atoms with van der Waals surface area (Å²) in [5.74, 6) is 2.01. The molecule has 0 amide bonds. The largest absolute Gasteiger partial charge is 0.329 e. The molecule has 2 N–H and O–H groups in total. The molecular weight excluding hydrogens is 204 g/mol. The molecule has 1 fully saturated rings. The molecule has 0 bridgehead atoms. The molecule has 3 atom stereocenters. The summed E-state index contributed by atoms with van der Waals surface area (Å²) in [6, 6.07) is 1.26. The second-order valence-corrected chi connectivity index (χ2v) is 6.56. The van der Waals surface area contributed by atoms with Crippen LogP contribution < -0.4 is 5.73 Å². The van der Waals surface area contributed by atoms with Crippen LogP contribution in [0.2, 0.25) is 0 Å². The van der Waals surface area contributed by atoms with E-state index in [0.29, 0.717) is 12.1 Å². The van der Waals surface area contributed by atoms with Crippen LogP contribution in [0.25, 0.3) is 0 Å². The number of nitrogens with two attached hydrogens (primary N) is 1. The molecule has 0 spiro atoms. The van der Waals surface area contributed by atoms with Gasteiger partial charge in [-0.3, -0.25) is 4.90 Å². The second kappa shape index (κ2) is 6.12. The Bertz CT molecular complexity index is 184. The zero-order valence-corrected chi connectivity index (χ0v) is 11.4. The molecule has 1 rings (SSSR count). The van der Waals surface area contributed by atoms with Gasteiger partial charge in [0, 0.05) is 36.2 Å².